The maximum absolute atomic E-state index is 13.7. The molecule has 2 aromatic carbocycles. The molecule has 1 unspecified atom stereocenters. The van der Waals surface area contributed by atoms with Crippen LogP contribution in [0.15, 0.2) is 48.5 Å². The van der Waals surface area contributed by atoms with Gasteiger partial charge in [0.15, 0.2) is 0 Å². The van der Waals surface area contributed by atoms with Crippen molar-refractivity contribution < 1.29 is 13.9 Å². The minimum Gasteiger partial charge on any atom is -0.394 e. The number of halogens is 2. The predicted octanol–water partition coefficient (Wildman–Crippen LogP) is 3.35. The lowest BCUT2D eigenvalue weighted by Crippen LogP contribution is -2.27. The summed E-state index contributed by atoms with van der Waals surface area (Å²) in [6.45, 7) is 1.62. The maximum atomic E-state index is 13.7. The normalized spacial score (nSPS) is 14.0. The molecule has 0 fully saturated rings. The summed E-state index contributed by atoms with van der Waals surface area (Å²) >= 11 is 0. The molecule has 2 atom stereocenters. The Morgan fingerprint density at radius 3 is 2.45 bits per heavy atom. The van der Waals surface area contributed by atoms with Crippen molar-refractivity contribution in [1.29, 1.82) is 0 Å². The van der Waals surface area contributed by atoms with E-state index in [-0.39, 0.29) is 18.2 Å². The number of aliphatic hydroxyl groups is 1. The van der Waals surface area contributed by atoms with E-state index in [1.54, 1.807) is 6.92 Å². The maximum Gasteiger partial charge on any atom is 0.128 e. The van der Waals surface area contributed by atoms with Crippen LogP contribution >= 0.6 is 0 Å². The van der Waals surface area contributed by atoms with Crippen molar-refractivity contribution in [2.45, 2.75) is 19.0 Å². The minimum atomic E-state index is -0.477. The van der Waals surface area contributed by atoms with Gasteiger partial charge in [-0.15, -0.1) is 0 Å². The predicted molar refractivity (Wildman–Crippen MR) is 74.2 cm³/mol. The van der Waals surface area contributed by atoms with Crippen molar-refractivity contribution in [3.05, 3.63) is 71.3 Å². The van der Waals surface area contributed by atoms with E-state index in [1.807, 2.05) is 30.3 Å². The molecule has 0 bridgehead atoms. The molecule has 4 heteroatoms. The zero-order chi connectivity index (χ0) is 14.5. The molecule has 2 N–H and O–H groups in total. The fourth-order valence-corrected chi connectivity index (χ4v) is 2.18. The molecule has 20 heavy (non-hydrogen) atoms. The van der Waals surface area contributed by atoms with Crippen LogP contribution in [-0.2, 0) is 0 Å². The standard InChI is InChI=1S/C16H17F2NO/c1-11(14-9-13(17)7-8-15(14)18)19-16(10-20)12-5-3-2-4-6-12/h2-9,11,16,19-20H,10H2,1H3/t11?,16-/m0/s1. The van der Waals surface area contributed by atoms with Crippen LogP contribution in [0.3, 0.4) is 0 Å². The molecule has 2 nitrogen and oxygen atoms in total. The highest BCUT2D eigenvalue weighted by Gasteiger charge is 2.17. The lowest BCUT2D eigenvalue weighted by atomic mass is 10.0. The first-order chi connectivity index (χ1) is 9.61. The van der Waals surface area contributed by atoms with E-state index in [2.05, 4.69) is 5.32 Å². The van der Waals surface area contributed by atoms with E-state index < -0.39 is 17.7 Å². The first-order valence-corrected chi connectivity index (χ1v) is 6.48. The molecule has 0 spiro atoms. The van der Waals surface area contributed by atoms with E-state index in [9.17, 15) is 13.9 Å². The summed E-state index contributed by atoms with van der Waals surface area (Å²) in [5.41, 5.74) is 1.15. The van der Waals surface area contributed by atoms with Gasteiger partial charge in [0.25, 0.3) is 0 Å². The highest BCUT2D eigenvalue weighted by molar-refractivity contribution is 5.24. The van der Waals surface area contributed by atoms with Crippen molar-refractivity contribution in [3.8, 4) is 0 Å². The molecule has 2 aromatic rings. The molecule has 2 rings (SSSR count). The van der Waals surface area contributed by atoms with Gasteiger partial charge in [-0.05, 0) is 30.7 Å². The fraction of sp³-hybridized carbons (Fsp3) is 0.250. The van der Waals surface area contributed by atoms with E-state index in [4.69, 9.17) is 0 Å². The number of aliphatic hydroxyl groups excluding tert-OH is 1. The third-order valence-electron chi connectivity index (χ3n) is 3.26. The fourth-order valence-electron chi connectivity index (χ4n) is 2.18. The zero-order valence-electron chi connectivity index (χ0n) is 11.2. The second-order valence-corrected chi connectivity index (χ2v) is 4.70. The Hall–Kier alpha value is -1.78. The molecule has 0 aromatic heterocycles. The quantitative estimate of drug-likeness (QED) is 0.878. The summed E-state index contributed by atoms with van der Waals surface area (Å²) in [6.07, 6.45) is 0. The number of nitrogens with one attached hydrogen (secondary N) is 1. The monoisotopic (exact) mass is 277 g/mol. The van der Waals surface area contributed by atoms with Gasteiger partial charge in [-0.3, -0.25) is 0 Å². The Morgan fingerprint density at radius 1 is 1.10 bits per heavy atom. The lowest BCUT2D eigenvalue weighted by molar-refractivity contribution is 0.234. The first-order valence-electron chi connectivity index (χ1n) is 6.48. The van der Waals surface area contributed by atoms with Gasteiger partial charge in [0.1, 0.15) is 11.6 Å². The van der Waals surface area contributed by atoms with E-state index in [0.29, 0.717) is 0 Å². The largest absolute Gasteiger partial charge is 0.394 e. The van der Waals surface area contributed by atoms with Gasteiger partial charge >= 0.3 is 0 Å². The van der Waals surface area contributed by atoms with Crippen molar-refractivity contribution in [2.75, 3.05) is 6.61 Å². The van der Waals surface area contributed by atoms with Gasteiger partial charge < -0.3 is 10.4 Å². The third kappa shape index (κ3) is 3.40. The van der Waals surface area contributed by atoms with Gasteiger partial charge in [-0.2, -0.15) is 0 Å². The summed E-state index contributed by atoms with van der Waals surface area (Å²) in [4.78, 5) is 0. The molecule has 0 saturated heterocycles. The van der Waals surface area contributed by atoms with Crippen LogP contribution < -0.4 is 5.32 Å². The summed E-state index contributed by atoms with van der Waals surface area (Å²) in [7, 11) is 0. The topological polar surface area (TPSA) is 32.3 Å². The second-order valence-electron chi connectivity index (χ2n) is 4.70. The van der Waals surface area contributed by atoms with Gasteiger partial charge in [-0.1, -0.05) is 30.3 Å². The van der Waals surface area contributed by atoms with Gasteiger partial charge in [0.05, 0.1) is 12.6 Å². The number of rotatable bonds is 5. The Morgan fingerprint density at radius 2 is 1.80 bits per heavy atom. The summed E-state index contributed by atoms with van der Waals surface area (Å²) in [5, 5.41) is 12.6. The number of benzene rings is 2. The number of hydrogen-bond donors (Lipinski definition) is 2. The Balaban J connectivity index is 2.17. The Bertz CT molecular complexity index is 560. The molecule has 0 radical (unpaired) electrons. The van der Waals surface area contributed by atoms with E-state index in [1.165, 1.54) is 6.07 Å². The highest BCUT2D eigenvalue weighted by atomic mass is 19.1. The minimum absolute atomic E-state index is 0.120. The SMILES string of the molecule is CC(N[C@@H](CO)c1ccccc1)c1cc(F)ccc1F. The lowest BCUT2D eigenvalue weighted by Gasteiger charge is -2.22. The summed E-state index contributed by atoms with van der Waals surface area (Å²) in [6, 6.07) is 12.0. The van der Waals surface area contributed by atoms with Crippen LogP contribution in [0.1, 0.15) is 30.1 Å². The molecular formula is C16H17F2NO. The molecular weight excluding hydrogens is 260 g/mol. The third-order valence-corrected chi connectivity index (χ3v) is 3.26. The van der Waals surface area contributed by atoms with E-state index >= 15 is 0 Å². The van der Waals surface area contributed by atoms with Crippen LogP contribution in [0.5, 0.6) is 0 Å². The average Bonchev–Trinajstić information content (AvgIpc) is 2.48. The Labute approximate surface area is 117 Å². The molecule has 0 amide bonds. The van der Waals surface area contributed by atoms with Crippen LogP contribution in [0.4, 0.5) is 8.78 Å². The highest BCUT2D eigenvalue weighted by Crippen LogP contribution is 2.22. The van der Waals surface area contributed by atoms with Gasteiger partial charge in [-0.25, -0.2) is 8.78 Å². The van der Waals surface area contributed by atoms with Crippen molar-refractivity contribution in [1.82, 2.24) is 5.32 Å². The first kappa shape index (κ1) is 14.6. The summed E-state index contributed by atoms with van der Waals surface area (Å²) < 4.78 is 26.9. The average molecular weight is 277 g/mol. The smallest absolute Gasteiger partial charge is 0.128 e. The van der Waals surface area contributed by atoms with Crippen LogP contribution in [-0.4, -0.2) is 11.7 Å². The molecule has 0 heterocycles. The zero-order valence-corrected chi connectivity index (χ0v) is 11.2. The van der Waals surface area contributed by atoms with Crippen molar-refractivity contribution >= 4 is 0 Å². The van der Waals surface area contributed by atoms with Crippen LogP contribution in [0.2, 0.25) is 0 Å². The van der Waals surface area contributed by atoms with Crippen molar-refractivity contribution in [2.24, 2.45) is 0 Å². The number of hydrogen-bond acceptors (Lipinski definition) is 2. The van der Waals surface area contributed by atoms with E-state index in [0.717, 1.165) is 17.7 Å². The van der Waals surface area contributed by atoms with Gasteiger partial charge in [0, 0.05) is 11.6 Å². The van der Waals surface area contributed by atoms with Crippen molar-refractivity contribution in [3.63, 3.8) is 0 Å². The molecule has 0 aliphatic carbocycles. The molecule has 0 aliphatic heterocycles. The van der Waals surface area contributed by atoms with Crippen LogP contribution in [0.25, 0.3) is 0 Å². The van der Waals surface area contributed by atoms with Crippen LogP contribution in [0, 0.1) is 11.6 Å². The summed E-state index contributed by atoms with van der Waals surface area (Å²) in [5.74, 6) is -0.938. The molecule has 0 saturated carbocycles. The molecule has 106 valence electrons. The Kier molecular flexibility index (Phi) is 4.82. The second kappa shape index (κ2) is 6.59. The molecule has 0 aliphatic rings. The van der Waals surface area contributed by atoms with Gasteiger partial charge in [0.2, 0.25) is 0 Å².